The Bertz CT molecular complexity index is 1200. The predicted octanol–water partition coefficient (Wildman–Crippen LogP) is 4.97. The van der Waals surface area contributed by atoms with E-state index in [1.54, 1.807) is 36.4 Å². The highest BCUT2D eigenvalue weighted by atomic mass is 16.2. The first kappa shape index (κ1) is 24.0. The van der Waals surface area contributed by atoms with Crippen LogP contribution in [0.1, 0.15) is 52.0 Å². The zero-order valence-corrected chi connectivity index (χ0v) is 19.8. The van der Waals surface area contributed by atoms with Crippen LogP contribution in [-0.2, 0) is 4.79 Å². The molecule has 0 bridgehead atoms. The van der Waals surface area contributed by atoms with Crippen LogP contribution in [0.3, 0.4) is 0 Å². The Morgan fingerprint density at radius 3 is 2.29 bits per heavy atom. The van der Waals surface area contributed by atoms with Gasteiger partial charge in [0, 0.05) is 23.0 Å². The molecular weight excluding hydrogens is 440 g/mol. The zero-order valence-electron chi connectivity index (χ0n) is 19.8. The average molecular weight is 471 g/mol. The number of aryl methyl sites for hydroxylation is 1. The number of carbonyl (C=O) groups excluding carboxylic acids is 3. The van der Waals surface area contributed by atoms with Crippen LogP contribution in [0.25, 0.3) is 0 Å². The Morgan fingerprint density at radius 1 is 0.800 bits per heavy atom. The van der Waals surface area contributed by atoms with Gasteiger partial charge in [0.1, 0.15) is 0 Å². The first-order valence-corrected chi connectivity index (χ1v) is 11.9. The van der Waals surface area contributed by atoms with Gasteiger partial charge in [0.2, 0.25) is 5.91 Å². The summed E-state index contributed by atoms with van der Waals surface area (Å²) in [6.07, 6.45) is 4.24. The van der Waals surface area contributed by atoms with Gasteiger partial charge < -0.3 is 21.3 Å². The average Bonchev–Trinajstić information content (AvgIpc) is 3.37. The number of nitrogens with one attached hydrogen (secondary N) is 4. The summed E-state index contributed by atoms with van der Waals surface area (Å²) < 4.78 is 0. The Hall–Kier alpha value is -4.13. The molecule has 0 unspecified atom stereocenters. The molecule has 0 radical (unpaired) electrons. The molecule has 4 rings (SSSR count). The third-order valence-electron chi connectivity index (χ3n) is 6.11. The molecule has 0 aromatic heterocycles. The molecule has 1 aliphatic rings. The summed E-state index contributed by atoms with van der Waals surface area (Å²) in [7, 11) is 0. The third kappa shape index (κ3) is 6.47. The minimum atomic E-state index is -0.287. The van der Waals surface area contributed by atoms with Gasteiger partial charge >= 0.3 is 0 Å². The maximum atomic E-state index is 12.7. The van der Waals surface area contributed by atoms with Crippen LogP contribution in [0.15, 0.2) is 72.8 Å². The van der Waals surface area contributed by atoms with E-state index in [-0.39, 0.29) is 30.3 Å². The van der Waals surface area contributed by atoms with E-state index >= 15 is 0 Å². The molecule has 1 saturated carbocycles. The van der Waals surface area contributed by atoms with Crippen molar-refractivity contribution in [2.24, 2.45) is 0 Å². The molecule has 7 nitrogen and oxygen atoms in total. The lowest BCUT2D eigenvalue weighted by Crippen LogP contribution is -2.33. The number of benzene rings is 3. The van der Waals surface area contributed by atoms with Gasteiger partial charge in [-0.15, -0.1) is 0 Å². The van der Waals surface area contributed by atoms with Crippen molar-refractivity contribution in [2.45, 2.75) is 38.6 Å². The molecule has 1 fully saturated rings. The summed E-state index contributed by atoms with van der Waals surface area (Å²) in [5.74, 6) is -0.690. The second-order valence-electron chi connectivity index (χ2n) is 8.75. The summed E-state index contributed by atoms with van der Waals surface area (Å²) in [5, 5.41) is 11.9. The first-order chi connectivity index (χ1) is 17.0. The lowest BCUT2D eigenvalue weighted by molar-refractivity contribution is -0.114. The number of rotatable bonds is 8. The van der Waals surface area contributed by atoms with Crippen molar-refractivity contribution in [3.05, 3.63) is 89.5 Å². The summed E-state index contributed by atoms with van der Waals surface area (Å²) in [6, 6.07) is 21.7. The van der Waals surface area contributed by atoms with Gasteiger partial charge in [0.05, 0.1) is 17.8 Å². The van der Waals surface area contributed by atoms with Crippen LogP contribution < -0.4 is 21.3 Å². The number of para-hydroxylation sites is 2. The summed E-state index contributed by atoms with van der Waals surface area (Å²) in [5.41, 5.74) is 3.71. The van der Waals surface area contributed by atoms with E-state index in [1.807, 2.05) is 43.3 Å². The quantitative estimate of drug-likeness (QED) is 0.373. The molecular formula is C28H30N4O3. The molecule has 0 saturated heterocycles. The summed E-state index contributed by atoms with van der Waals surface area (Å²) in [6.45, 7) is 1.89. The Morgan fingerprint density at radius 2 is 1.51 bits per heavy atom. The van der Waals surface area contributed by atoms with Crippen molar-refractivity contribution < 1.29 is 14.4 Å². The van der Waals surface area contributed by atoms with Gasteiger partial charge in [0.25, 0.3) is 11.8 Å². The van der Waals surface area contributed by atoms with Crippen LogP contribution in [-0.4, -0.2) is 30.3 Å². The fraction of sp³-hybridized carbons (Fsp3) is 0.250. The predicted molar refractivity (Wildman–Crippen MR) is 139 cm³/mol. The van der Waals surface area contributed by atoms with Crippen molar-refractivity contribution in [3.63, 3.8) is 0 Å². The van der Waals surface area contributed by atoms with Crippen LogP contribution in [0, 0.1) is 6.92 Å². The lowest BCUT2D eigenvalue weighted by atomic mass is 10.1. The van der Waals surface area contributed by atoms with Crippen molar-refractivity contribution in [1.82, 2.24) is 5.32 Å². The van der Waals surface area contributed by atoms with Gasteiger partial charge in [-0.25, -0.2) is 0 Å². The maximum absolute atomic E-state index is 12.7. The normalized spacial score (nSPS) is 13.2. The van der Waals surface area contributed by atoms with E-state index in [0.29, 0.717) is 28.2 Å². The number of carbonyl (C=O) groups is 3. The molecule has 3 aromatic rings. The summed E-state index contributed by atoms with van der Waals surface area (Å²) >= 11 is 0. The molecule has 3 aromatic carbocycles. The van der Waals surface area contributed by atoms with Gasteiger partial charge in [-0.05, 0) is 61.7 Å². The highest BCUT2D eigenvalue weighted by molar-refractivity contribution is 6.06. The van der Waals surface area contributed by atoms with Crippen LogP contribution in [0.5, 0.6) is 0 Å². The van der Waals surface area contributed by atoms with E-state index in [4.69, 9.17) is 0 Å². The molecule has 4 N–H and O–H groups in total. The van der Waals surface area contributed by atoms with E-state index in [2.05, 4.69) is 21.3 Å². The number of amides is 3. The Kier molecular flexibility index (Phi) is 7.77. The van der Waals surface area contributed by atoms with Crippen molar-refractivity contribution >= 4 is 34.8 Å². The second kappa shape index (κ2) is 11.3. The van der Waals surface area contributed by atoms with Gasteiger partial charge in [-0.3, -0.25) is 14.4 Å². The maximum Gasteiger partial charge on any atom is 0.255 e. The SMILES string of the molecule is Cc1ccc(C(=O)Nc2ccccc2)cc1NCC(=O)Nc1ccccc1C(=O)NC1CCCC1. The Labute approximate surface area is 205 Å². The monoisotopic (exact) mass is 470 g/mol. The van der Waals surface area contributed by atoms with E-state index in [1.165, 1.54) is 0 Å². The highest BCUT2D eigenvalue weighted by Crippen LogP contribution is 2.21. The van der Waals surface area contributed by atoms with Gasteiger partial charge in [-0.2, -0.15) is 0 Å². The molecule has 3 amide bonds. The topological polar surface area (TPSA) is 99.3 Å². The van der Waals surface area contributed by atoms with E-state index in [0.717, 1.165) is 31.2 Å². The molecule has 1 aliphatic carbocycles. The first-order valence-electron chi connectivity index (χ1n) is 11.9. The smallest absolute Gasteiger partial charge is 0.255 e. The standard InChI is InChI=1S/C28H30N4O3/c1-19-15-16-20(27(34)30-21-9-3-2-4-10-21)17-25(19)29-18-26(33)32-24-14-8-7-13-23(24)28(35)31-22-11-5-6-12-22/h2-4,7-10,13-17,22,29H,5-6,11-12,18H2,1H3,(H,30,34)(H,31,35)(H,32,33). The minimum absolute atomic E-state index is 0.0107. The molecule has 7 heteroatoms. The highest BCUT2D eigenvalue weighted by Gasteiger charge is 2.20. The van der Waals surface area contributed by atoms with E-state index in [9.17, 15) is 14.4 Å². The minimum Gasteiger partial charge on any atom is -0.376 e. The second-order valence-corrected chi connectivity index (χ2v) is 8.75. The molecule has 35 heavy (non-hydrogen) atoms. The summed E-state index contributed by atoms with van der Waals surface area (Å²) in [4.78, 5) is 38.1. The van der Waals surface area contributed by atoms with Crippen LogP contribution in [0.4, 0.5) is 17.1 Å². The number of hydrogen-bond acceptors (Lipinski definition) is 4. The van der Waals surface area contributed by atoms with Crippen LogP contribution >= 0.6 is 0 Å². The van der Waals surface area contributed by atoms with Crippen LogP contribution in [0.2, 0.25) is 0 Å². The van der Waals surface area contributed by atoms with Crippen molar-refractivity contribution in [2.75, 3.05) is 22.5 Å². The zero-order chi connectivity index (χ0) is 24.6. The molecule has 0 heterocycles. The Balaban J connectivity index is 1.37. The van der Waals surface area contributed by atoms with Crippen molar-refractivity contribution in [3.8, 4) is 0 Å². The fourth-order valence-electron chi connectivity index (χ4n) is 4.17. The molecule has 180 valence electrons. The largest absolute Gasteiger partial charge is 0.376 e. The van der Waals surface area contributed by atoms with Gasteiger partial charge in [0.15, 0.2) is 0 Å². The lowest BCUT2D eigenvalue weighted by Gasteiger charge is -2.16. The molecule has 0 spiro atoms. The fourth-order valence-corrected chi connectivity index (χ4v) is 4.17. The number of hydrogen-bond donors (Lipinski definition) is 4. The van der Waals surface area contributed by atoms with Crippen molar-refractivity contribution in [1.29, 1.82) is 0 Å². The molecule has 0 aliphatic heterocycles. The third-order valence-corrected chi connectivity index (χ3v) is 6.11. The van der Waals surface area contributed by atoms with E-state index < -0.39 is 0 Å². The number of anilines is 3. The van der Waals surface area contributed by atoms with Gasteiger partial charge in [-0.1, -0.05) is 49.2 Å². The molecule has 0 atom stereocenters.